The minimum atomic E-state index is 0.182. The van der Waals surface area contributed by atoms with Crippen LogP contribution in [0.25, 0.3) is 0 Å². The Balaban J connectivity index is 1.79. The fraction of sp³-hybridized carbons (Fsp3) is 0.550. The summed E-state index contributed by atoms with van der Waals surface area (Å²) in [6.07, 6.45) is 6.75. The molecule has 0 unspecified atom stereocenters. The number of likely N-dealkylation sites (tertiary alicyclic amines) is 2. The van der Waals surface area contributed by atoms with Gasteiger partial charge in [-0.15, -0.1) is 6.58 Å². The van der Waals surface area contributed by atoms with E-state index in [-0.39, 0.29) is 11.4 Å². The smallest absolute Gasteiger partial charge is 0.253 e. The van der Waals surface area contributed by atoms with Crippen molar-refractivity contribution in [2.75, 3.05) is 26.2 Å². The van der Waals surface area contributed by atoms with E-state index >= 15 is 0 Å². The lowest BCUT2D eigenvalue weighted by atomic mass is 9.86. The summed E-state index contributed by atoms with van der Waals surface area (Å²) in [5, 5.41) is 0. The van der Waals surface area contributed by atoms with E-state index in [2.05, 4.69) is 36.3 Å². The number of rotatable bonds is 3. The standard InChI is InChI=1S/C20H28N2O/c1-4-11-22-13-6-10-20(22)9-5-12-21(15-20)19(23)18-8-7-16(2)17(3)14-18/h4,7-8,14H,1,5-6,9-13,15H2,2-3H3/t20-/m1/s1. The lowest BCUT2D eigenvalue weighted by Crippen LogP contribution is -2.56. The number of amides is 1. The number of piperidine rings is 1. The summed E-state index contributed by atoms with van der Waals surface area (Å²) in [5.41, 5.74) is 3.45. The molecule has 2 fully saturated rings. The maximum absolute atomic E-state index is 13.0. The van der Waals surface area contributed by atoms with E-state index in [1.54, 1.807) is 0 Å². The van der Waals surface area contributed by atoms with Crippen molar-refractivity contribution in [2.45, 2.75) is 45.1 Å². The predicted molar refractivity (Wildman–Crippen MR) is 94.8 cm³/mol. The molecule has 0 aromatic heterocycles. The Hall–Kier alpha value is -1.61. The van der Waals surface area contributed by atoms with Gasteiger partial charge >= 0.3 is 0 Å². The van der Waals surface area contributed by atoms with Gasteiger partial charge in [0, 0.05) is 30.7 Å². The molecule has 2 saturated heterocycles. The van der Waals surface area contributed by atoms with Gasteiger partial charge in [0.2, 0.25) is 0 Å². The summed E-state index contributed by atoms with van der Waals surface area (Å²) in [7, 11) is 0. The van der Waals surface area contributed by atoms with Crippen molar-refractivity contribution in [1.29, 1.82) is 0 Å². The van der Waals surface area contributed by atoms with Crippen molar-refractivity contribution in [1.82, 2.24) is 9.80 Å². The lowest BCUT2D eigenvalue weighted by Gasteiger charge is -2.46. The molecular weight excluding hydrogens is 284 g/mol. The van der Waals surface area contributed by atoms with E-state index in [0.717, 1.165) is 38.2 Å². The van der Waals surface area contributed by atoms with Crippen LogP contribution in [0, 0.1) is 13.8 Å². The Morgan fingerprint density at radius 3 is 2.65 bits per heavy atom. The summed E-state index contributed by atoms with van der Waals surface area (Å²) in [6.45, 7) is 11.9. The van der Waals surface area contributed by atoms with Gasteiger partial charge in [0.25, 0.3) is 5.91 Å². The van der Waals surface area contributed by atoms with Crippen LogP contribution in [-0.4, -0.2) is 47.4 Å². The van der Waals surface area contributed by atoms with Gasteiger partial charge in [-0.2, -0.15) is 0 Å². The van der Waals surface area contributed by atoms with Crippen LogP contribution in [0.2, 0.25) is 0 Å². The first kappa shape index (κ1) is 16.3. The first-order valence-corrected chi connectivity index (χ1v) is 8.78. The molecule has 2 aliphatic heterocycles. The van der Waals surface area contributed by atoms with E-state index in [1.807, 2.05) is 18.2 Å². The van der Waals surface area contributed by atoms with Crippen molar-refractivity contribution >= 4 is 5.91 Å². The van der Waals surface area contributed by atoms with Gasteiger partial charge in [0.05, 0.1) is 0 Å². The molecule has 0 aliphatic carbocycles. The topological polar surface area (TPSA) is 23.6 Å². The molecule has 0 saturated carbocycles. The molecule has 3 heteroatoms. The molecule has 124 valence electrons. The van der Waals surface area contributed by atoms with E-state index in [9.17, 15) is 4.79 Å². The molecule has 2 aliphatic rings. The SMILES string of the molecule is C=CCN1CCC[C@@]12CCCN(C(=O)c1ccc(C)c(C)c1)C2. The summed E-state index contributed by atoms with van der Waals surface area (Å²) < 4.78 is 0. The quantitative estimate of drug-likeness (QED) is 0.797. The molecule has 23 heavy (non-hydrogen) atoms. The van der Waals surface area contributed by atoms with E-state index in [1.165, 1.54) is 30.4 Å². The third-order valence-corrected chi connectivity index (χ3v) is 5.69. The molecule has 1 amide bonds. The molecule has 1 aromatic rings. The highest BCUT2D eigenvalue weighted by molar-refractivity contribution is 5.94. The fourth-order valence-corrected chi connectivity index (χ4v) is 4.24. The number of hydrogen-bond donors (Lipinski definition) is 0. The van der Waals surface area contributed by atoms with Gasteiger partial charge in [0.15, 0.2) is 0 Å². The number of carbonyl (C=O) groups excluding carboxylic acids is 1. The van der Waals surface area contributed by atoms with E-state index in [0.29, 0.717) is 0 Å². The fourth-order valence-electron chi connectivity index (χ4n) is 4.24. The molecule has 0 radical (unpaired) electrons. The van der Waals surface area contributed by atoms with Crippen molar-refractivity contribution in [2.24, 2.45) is 0 Å². The normalized spacial score (nSPS) is 25.0. The first-order valence-electron chi connectivity index (χ1n) is 8.78. The highest BCUT2D eigenvalue weighted by atomic mass is 16.2. The Bertz CT molecular complexity index is 610. The number of nitrogens with zero attached hydrogens (tertiary/aromatic N) is 2. The van der Waals surface area contributed by atoms with Crippen molar-refractivity contribution in [3.05, 3.63) is 47.5 Å². The highest BCUT2D eigenvalue weighted by Crippen LogP contribution is 2.37. The van der Waals surface area contributed by atoms with E-state index < -0.39 is 0 Å². The Kier molecular flexibility index (Phi) is 4.58. The molecule has 1 aromatic carbocycles. The summed E-state index contributed by atoms with van der Waals surface area (Å²) >= 11 is 0. The van der Waals surface area contributed by atoms with Gasteiger partial charge in [-0.3, -0.25) is 9.69 Å². The Labute approximate surface area is 140 Å². The van der Waals surface area contributed by atoms with Gasteiger partial charge in [-0.1, -0.05) is 12.1 Å². The second-order valence-electron chi connectivity index (χ2n) is 7.19. The maximum atomic E-state index is 13.0. The van der Waals surface area contributed by atoms with E-state index in [4.69, 9.17) is 0 Å². The molecule has 1 spiro atoms. The molecular formula is C20H28N2O. The second-order valence-corrected chi connectivity index (χ2v) is 7.19. The molecule has 3 rings (SSSR count). The zero-order chi connectivity index (χ0) is 16.4. The number of carbonyl (C=O) groups is 1. The monoisotopic (exact) mass is 312 g/mol. The Morgan fingerprint density at radius 2 is 1.96 bits per heavy atom. The third-order valence-electron chi connectivity index (χ3n) is 5.69. The first-order chi connectivity index (χ1) is 11.1. The number of aryl methyl sites for hydroxylation is 2. The van der Waals surface area contributed by atoms with Gasteiger partial charge in [-0.25, -0.2) is 0 Å². The lowest BCUT2D eigenvalue weighted by molar-refractivity contribution is 0.0367. The van der Waals surface area contributed by atoms with Crippen LogP contribution in [0.4, 0.5) is 0 Å². The average molecular weight is 312 g/mol. The predicted octanol–water partition coefficient (Wildman–Crippen LogP) is 3.56. The van der Waals surface area contributed by atoms with Gasteiger partial charge in [0.1, 0.15) is 0 Å². The average Bonchev–Trinajstić information content (AvgIpc) is 2.92. The molecule has 2 heterocycles. The van der Waals surface area contributed by atoms with Gasteiger partial charge < -0.3 is 4.90 Å². The van der Waals surface area contributed by atoms with Crippen molar-refractivity contribution in [3.8, 4) is 0 Å². The van der Waals surface area contributed by atoms with Crippen LogP contribution < -0.4 is 0 Å². The second kappa shape index (κ2) is 6.48. The number of hydrogen-bond acceptors (Lipinski definition) is 2. The van der Waals surface area contributed by atoms with Crippen LogP contribution >= 0.6 is 0 Å². The minimum absolute atomic E-state index is 0.182. The van der Waals surface area contributed by atoms with Crippen molar-refractivity contribution < 1.29 is 4.79 Å². The minimum Gasteiger partial charge on any atom is -0.337 e. The van der Waals surface area contributed by atoms with Crippen molar-refractivity contribution in [3.63, 3.8) is 0 Å². The maximum Gasteiger partial charge on any atom is 0.253 e. The number of benzene rings is 1. The van der Waals surface area contributed by atoms with Crippen LogP contribution in [0.15, 0.2) is 30.9 Å². The summed E-state index contributed by atoms with van der Waals surface area (Å²) in [6, 6.07) is 6.07. The van der Waals surface area contributed by atoms with Crippen LogP contribution in [-0.2, 0) is 0 Å². The molecule has 3 nitrogen and oxygen atoms in total. The molecule has 0 N–H and O–H groups in total. The summed E-state index contributed by atoms with van der Waals surface area (Å²) in [5.74, 6) is 0.192. The Morgan fingerprint density at radius 1 is 1.22 bits per heavy atom. The third kappa shape index (κ3) is 3.07. The molecule has 0 bridgehead atoms. The summed E-state index contributed by atoms with van der Waals surface area (Å²) in [4.78, 5) is 17.6. The zero-order valence-corrected chi connectivity index (χ0v) is 14.5. The highest BCUT2D eigenvalue weighted by Gasteiger charge is 2.44. The molecule has 1 atom stereocenters. The van der Waals surface area contributed by atoms with Crippen LogP contribution in [0.3, 0.4) is 0 Å². The zero-order valence-electron chi connectivity index (χ0n) is 14.5. The van der Waals surface area contributed by atoms with Gasteiger partial charge in [-0.05, 0) is 69.3 Å². The largest absolute Gasteiger partial charge is 0.337 e. The van der Waals surface area contributed by atoms with Crippen LogP contribution in [0.5, 0.6) is 0 Å². The van der Waals surface area contributed by atoms with Crippen LogP contribution in [0.1, 0.15) is 47.2 Å².